The Morgan fingerprint density at radius 3 is 2.53 bits per heavy atom. The lowest BCUT2D eigenvalue weighted by molar-refractivity contribution is 0.0680. The van der Waals surface area contributed by atoms with Gasteiger partial charge in [0.25, 0.3) is 5.91 Å². The average molecular weight is 367 g/mol. The minimum absolute atomic E-state index is 0.0243. The SMILES string of the molecule is CCC(CC)N(CCCl)C(=O)c1cc(Cl)ccc1Br. The van der Waals surface area contributed by atoms with Crippen molar-refractivity contribution in [2.45, 2.75) is 32.7 Å². The Morgan fingerprint density at radius 1 is 1.37 bits per heavy atom. The number of nitrogens with zero attached hydrogens (tertiary/aromatic N) is 1. The first-order valence-electron chi connectivity index (χ1n) is 6.37. The zero-order valence-electron chi connectivity index (χ0n) is 11.1. The highest BCUT2D eigenvalue weighted by atomic mass is 79.9. The smallest absolute Gasteiger partial charge is 0.255 e. The monoisotopic (exact) mass is 365 g/mol. The maximum absolute atomic E-state index is 12.6. The molecule has 0 bridgehead atoms. The summed E-state index contributed by atoms with van der Waals surface area (Å²) in [4.78, 5) is 14.5. The number of carbonyl (C=O) groups is 1. The molecular formula is C14H18BrCl2NO. The van der Waals surface area contributed by atoms with Gasteiger partial charge in [0, 0.05) is 28.0 Å². The number of halogens is 3. The molecule has 1 amide bonds. The number of hydrogen-bond acceptors (Lipinski definition) is 1. The third-order valence-corrected chi connectivity index (χ3v) is 4.22. The van der Waals surface area contributed by atoms with Crippen molar-refractivity contribution in [3.05, 3.63) is 33.3 Å². The van der Waals surface area contributed by atoms with Crippen molar-refractivity contribution in [1.29, 1.82) is 0 Å². The van der Waals surface area contributed by atoms with E-state index < -0.39 is 0 Å². The summed E-state index contributed by atoms with van der Waals surface area (Å²) in [5, 5.41) is 0.557. The fourth-order valence-electron chi connectivity index (χ4n) is 2.09. The molecule has 0 unspecified atom stereocenters. The van der Waals surface area contributed by atoms with Crippen LogP contribution >= 0.6 is 39.1 Å². The predicted octanol–water partition coefficient (Wildman–Crippen LogP) is 4.97. The molecule has 0 aliphatic rings. The van der Waals surface area contributed by atoms with E-state index in [0.29, 0.717) is 23.0 Å². The molecule has 0 saturated carbocycles. The molecule has 0 saturated heterocycles. The summed E-state index contributed by atoms with van der Waals surface area (Å²) in [5.41, 5.74) is 0.588. The summed E-state index contributed by atoms with van der Waals surface area (Å²) in [7, 11) is 0. The summed E-state index contributed by atoms with van der Waals surface area (Å²) in [6.07, 6.45) is 1.83. The fraction of sp³-hybridized carbons (Fsp3) is 0.500. The van der Waals surface area contributed by atoms with Crippen LogP contribution in [0.3, 0.4) is 0 Å². The lowest BCUT2D eigenvalue weighted by atomic mass is 10.1. The molecule has 0 radical (unpaired) electrons. The third-order valence-electron chi connectivity index (χ3n) is 3.13. The standard InChI is InChI=1S/C14H18BrCl2NO/c1-3-11(4-2)18(8-7-16)14(19)12-9-10(17)5-6-13(12)15/h5-6,9,11H,3-4,7-8H2,1-2H3. The normalized spacial score (nSPS) is 10.8. The van der Waals surface area contributed by atoms with Gasteiger partial charge in [0.1, 0.15) is 0 Å². The molecule has 0 heterocycles. The molecule has 0 atom stereocenters. The van der Waals surface area contributed by atoms with Gasteiger partial charge >= 0.3 is 0 Å². The molecule has 0 spiro atoms. The van der Waals surface area contributed by atoms with E-state index in [4.69, 9.17) is 23.2 Å². The number of rotatable bonds is 6. The highest BCUT2D eigenvalue weighted by Crippen LogP contribution is 2.24. The molecule has 1 aromatic rings. The minimum Gasteiger partial charge on any atom is -0.334 e. The van der Waals surface area contributed by atoms with Crippen LogP contribution in [0.25, 0.3) is 0 Å². The molecule has 0 aromatic heterocycles. The first-order valence-corrected chi connectivity index (χ1v) is 8.07. The minimum atomic E-state index is -0.0243. The van der Waals surface area contributed by atoms with Crippen LogP contribution in [0.2, 0.25) is 5.02 Å². The first-order chi connectivity index (χ1) is 9.04. The van der Waals surface area contributed by atoms with E-state index in [0.717, 1.165) is 17.3 Å². The van der Waals surface area contributed by atoms with Crippen LogP contribution in [0.4, 0.5) is 0 Å². The van der Waals surface area contributed by atoms with E-state index in [1.165, 1.54) is 0 Å². The molecular weight excluding hydrogens is 349 g/mol. The maximum atomic E-state index is 12.6. The van der Waals surface area contributed by atoms with Gasteiger partial charge in [-0.05, 0) is 47.0 Å². The molecule has 5 heteroatoms. The van der Waals surface area contributed by atoms with E-state index in [1.807, 2.05) is 4.90 Å². The van der Waals surface area contributed by atoms with Gasteiger partial charge in [-0.3, -0.25) is 4.79 Å². The lowest BCUT2D eigenvalue weighted by Gasteiger charge is -2.30. The Bertz CT molecular complexity index is 435. The van der Waals surface area contributed by atoms with Crippen molar-refractivity contribution in [2.75, 3.05) is 12.4 Å². The Labute approximate surface area is 133 Å². The highest BCUT2D eigenvalue weighted by Gasteiger charge is 2.23. The number of alkyl halides is 1. The number of hydrogen-bond donors (Lipinski definition) is 0. The summed E-state index contributed by atoms with van der Waals surface area (Å²) in [6, 6.07) is 5.45. The molecule has 0 N–H and O–H groups in total. The Balaban J connectivity index is 3.08. The van der Waals surface area contributed by atoms with Crippen molar-refractivity contribution >= 4 is 45.0 Å². The van der Waals surface area contributed by atoms with Crippen LogP contribution in [0.5, 0.6) is 0 Å². The van der Waals surface area contributed by atoms with E-state index in [2.05, 4.69) is 29.8 Å². The van der Waals surface area contributed by atoms with Crippen molar-refractivity contribution < 1.29 is 4.79 Å². The zero-order valence-corrected chi connectivity index (χ0v) is 14.2. The average Bonchev–Trinajstić information content (AvgIpc) is 2.41. The van der Waals surface area contributed by atoms with Crippen molar-refractivity contribution in [3.8, 4) is 0 Å². The molecule has 106 valence electrons. The second-order valence-electron chi connectivity index (χ2n) is 4.28. The second-order valence-corrected chi connectivity index (χ2v) is 5.95. The third kappa shape index (κ3) is 4.37. The summed E-state index contributed by atoms with van der Waals surface area (Å²) in [6.45, 7) is 4.71. The van der Waals surface area contributed by atoms with Crippen molar-refractivity contribution in [2.24, 2.45) is 0 Å². The van der Waals surface area contributed by atoms with Gasteiger partial charge in [0.2, 0.25) is 0 Å². The molecule has 0 aliphatic carbocycles. The Kier molecular flexibility index (Phi) is 7.19. The van der Waals surface area contributed by atoms with Gasteiger partial charge in [-0.25, -0.2) is 0 Å². The summed E-state index contributed by atoms with van der Waals surface area (Å²) < 4.78 is 0.757. The van der Waals surface area contributed by atoms with Gasteiger partial charge in [-0.2, -0.15) is 0 Å². The van der Waals surface area contributed by atoms with Gasteiger partial charge < -0.3 is 4.90 Å². The largest absolute Gasteiger partial charge is 0.334 e. The molecule has 0 aliphatic heterocycles. The van der Waals surface area contributed by atoms with Crippen molar-refractivity contribution in [1.82, 2.24) is 4.90 Å². The van der Waals surface area contributed by atoms with E-state index in [1.54, 1.807) is 18.2 Å². The van der Waals surface area contributed by atoms with Crippen LogP contribution in [0.15, 0.2) is 22.7 Å². The van der Waals surface area contributed by atoms with E-state index >= 15 is 0 Å². The van der Waals surface area contributed by atoms with Crippen LogP contribution in [-0.2, 0) is 0 Å². The number of carbonyl (C=O) groups excluding carboxylic acids is 1. The molecule has 19 heavy (non-hydrogen) atoms. The van der Waals surface area contributed by atoms with Gasteiger partial charge in [-0.15, -0.1) is 11.6 Å². The van der Waals surface area contributed by atoms with Gasteiger partial charge in [0.05, 0.1) is 5.56 Å². The predicted molar refractivity (Wildman–Crippen MR) is 85.3 cm³/mol. The second kappa shape index (κ2) is 8.13. The fourth-order valence-corrected chi connectivity index (χ4v) is 2.86. The summed E-state index contributed by atoms with van der Waals surface area (Å²) in [5.74, 6) is 0.407. The first kappa shape index (κ1) is 16.8. The zero-order chi connectivity index (χ0) is 14.4. The Hall–Kier alpha value is -0.250. The molecule has 2 nitrogen and oxygen atoms in total. The summed E-state index contributed by atoms with van der Waals surface area (Å²) >= 11 is 15.2. The number of benzene rings is 1. The molecule has 1 rings (SSSR count). The van der Waals surface area contributed by atoms with Crippen molar-refractivity contribution in [3.63, 3.8) is 0 Å². The highest BCUT2D eigenvalue weighted by molar-refractivity contribution is 9.10. The van der Waals surface area contributed by atoms with Gasteiger partial charge in [0.15, 0.2) is 0 Å². The maximum Gasteiger partial charge on any atom is 0.255 e. The van der Waals surface area contributed by atoms with Crippen LogP contribution < -0.4 is 0 Å². The quantitative estimate of drug-likeness (QED) is 0.650. The van der Waals surface area contributed by atoms with Crippen LogP contribution in [0, 0.1) is 0 Å². The lowest BCUT2D eigenvalue weighted by Crippen LogP contribution is -2.41. The van der Waals surface area contributed by atoms with Crippen LogP contribution in [0.1, 0.15) is 37.0 Å². The molecule has 0 fully saturated rings. The van der Waals surface area contributed by atoms with E-state index in [9.17, 15) is 4.79 Å². The molecule has 1 aromatic carbocycles. The Morgan fingerprint density at radius 2 is 2.00 bits per heavy atom. The number of amides is 1. The van der Waals surface area contributed by atoms with Gasteiger partial charge in [-0.1, -0.05) is 25.4 Å². The van der Waals surface area contributed by atoms with Crippen LogP contribution in [-0.4, -0.2) is 29.3 Å². The topological polar surface area (TPSA) is 20.3 Å². The van der Waals surface area contributed by atoms with E-state index in [-0.39, 0.29) is 11.9 Å².